The first-order chi connectivity index (χ1) is 15.9. The molecule has 2 aromatic carbocycles. The maximum Gasteiger partial charge on any atom is 0.407 e. The third-order valence-electron chi connectivity index (χ3n) is 6.49. The normalized spacial score (nSPS) is 16.3. The SMILES string of the molecule is CCCC(CC(=O)O)NC(=O)CC1(NC(=O)OCC2c3ccccc3-c3ccccc32)CC1. The van der Waals surface area contributed by atoms with Gasteiger partial charge in [0.2, 0.25) is 5.91 Å². The fourth-order valence-electron chi connectivity index (χ4n) is 4.72. The first kappa shape index (κ1) is 22.8. The molecule has 0 aliphatic heterocycles. The molecule has 33 heavy (non-hydrogen) atoms. The summed E-state index contributed by atoms with van der Waals surface area (Å²) in [5.41, 5.74) is 4.02. The molecule has 174 valence electrons. The molecule has 0 saturated heterocycles. The number of carboxylic acid groups (broad SMARTS) is 1. The molecule has 0 aromatic heterocycles. The summed E-state index contributed by atoms with van der Waals surface area (Å²) in [6.07, 6.45) is 2.26. The predicted molar refractivity (Wildman–Crippen MR) is 124 cm³/mol. The number of nitrogens with one attached hydrogen (secondary N) is 2. The molecule has 0 spiro atoms. The number of carboxylic acids is 1. The Morgan fingerprint density at radius 3 is 2.21 bits per heavy atom. The van der Waals surface area contributed by atoms with Crippen molar-refractivity contribution in [3.8, 4) is 11.1 Å². The smallest absolute Gasteiger partial charge is 0.407 e. The summed E-state index contributed by atoms with van der Waals surface area (Å²) in [6, 6.07) is 15.9. The second-order valence-electron chi connectivity index (χ2n) is 9.06. The highest BCUT2D eigenvalue weighted by Crippen LogP contribution is 2.44. The summed E-state index contributed by atoms with van der Waals surface area (Å²) < 4.78 is 5.61. The molecule has 2 aromatic rings. The van der Waals surface area contributed by atoms with Gasteiger partial charge in [0.25, 0.3) is 0 Å². The number of fused-ring (bicyclic) bond motifs is 3. The fourth-order valence-corrected chi connectivity index (χ4v) is 4.72. The van der Waals surface area contributed by atoms with E-state index in [1.54, 1.807) is 0 Å². The molecule has 7 nitrogen and oxygen atoms in total. The lowest BCUT2D eigenvalue weighted by atomic mass is 9.98. The zero-order chi connectivity index (χ0) is 23.4. The molecular weight excluding hydrogens is 420 g/mol. The van der Waals surface area contributed by atoms with Crippen LogP contribution in [0.15, 0.2) is 48.5 Å². The van der Waals surface area contributed by atoms with E-state index >= 15 is 0 Å². The van der Waals surface area contributed by atoms with Crippen LogP contribution in [0.5, 0.6) is 0 Å². The molecule has 0 radical (unpaired) electrons. The van der Waals surface area contributed by atoms with Gasteiger partial charge in [0.05, 0.1) is 12.0 Å². The maximum absolute atomic E-state index is 12.6. The molecule has 2 amide bonds. The number of ether oxygens (including phenoxy) is 1. The minimum atomic E-state index is -0.938. The van der Waals surface area contributed by atoms with Crippen molar-refractivity contribution in [1.29, 1.82) is 0 Å². The van der Waals surface area contributed by atoms with Crippen LogP contribution in [0.1, 0.15) is 62.5 Å². The van der Waals surface area contributed by atoms with E-state index in [9.17, 15) is 14.4 Å². The van der Waals surface area contributed by atoms with Gasteiger partial charge in [0, 0.05) is 18.4 Å². The van der Waals surface area contributed by atoms with Gasteiger partial charge in [-0.2, -0.15) is 0 Å². The molecule has 2 aliphatic carbocycles. The van der Waals surface area contributed by atoms with Gasteiger partial charge in [-0.15, -0.1) is 0 Å². The van der Waals surface area contributed by atoms with E-state index in [-0.39, 0.29) is 31.3 Å². The van der Waals surface area contributed by atoms with Crippen LogP contribution in [-0.2, 0) is 14.3 Å². The van der Waals surface area contributed by atoms with Crippen molar-refractivity contribution in [3.63, 3.8) is 0 Å². The Balaban J connectivity index is 1.32. The minimum Gasteiger partial charge on any atom is -0.481 e. The summed E-state index contributed by atoms with van der Waals surface area (Å²) in [5.74, 6) is -1.20. The summed E-state index contributed by atoms with van der Waals surface area (Å²) in [5, 5.41) is 14.7. The zero-order valence-corrected chi connectivity index (χ0v) is 18.8. The molecule has 1 unspecified atom stereocenters. The Morgan fingerprint density at radius 2 is 1.67 bits per heavy atom. The molecule has 2 aliphatic rings. The van der Waals surface area contributed by atoms with Crippen molar-refractivity contribution in [1.82, 2.24) is 10.6 Å². The molecule has 1 atom stereocenters. The van der Waals surface area contributed by atoms with E-state index in [1.165, 1.54) is 11.1 Å². The Labute approximate surface area is 193 Å². The van der Waals surface area contributed by atoms with Crippen LogP contribution >= 0.6 is 0 Å². The van der Waals surface area contributed by atoms with Crippen molar-refractivity contribution in [2.75, 3.05) is 6.61 Å². The molecule has 3 N–H and O–H groups in total. The second-order valence-corrected chi connectivity index (χ2v) is 9.06. The number of benzene rings is 2. The van der Waals surface area contributed by atoms with Gasteiger partial charge in [-0.25, -0.2) is 4.79 Å². The maximum atomic E-state index is 12.6. The van der Waals surface area contributed by atoms with Crippen LogP contribution in [0.4, 0.5) is 4.79 Å². The topological polar surface area (TPSA) is 105 Å². The lowest BCUT2D eigenvalue weighted by Gasteiger charge is -2.21. The number of amides is 2. The molecule has 0 bridgehead atoms. The second kappa shape index (κ2) is 9.65. The Morgan fingerprint density at radius 1 is 1.06 bits per heavy atom. The third-order valence-corrected chi connectivity index (χ3v) is 6.49. The molecule has 4 rings (SSSR count). The summed E-state index contributed by atoms with van der Waals surface area (Å²) >= 11 is 0. The fraction of sp³-hybridized carbons (Fsp3) is 0.423. The number of rotatable bonds is 10. The standard InChI is InChI=1S/C26H30N2O5/c1-2-7-17(14-24(30)31)27-23(29)15-26(12-13-26)28-25(32)33-16-22-20-10-5-3-8-18(20)19-9-4-6-11-21(19)22/h3-6,8-11,17,22H,2,7,12-16H2,1H3,(H,27,29)(H,28,32)(H,30,31). The van der Waals surface area contributed by atoms with E-state index in [1.807, 2.05) is 31.2 Å². The van der Waals surface area contributed by atoms with E-state index in [0.717, 1.165) is 17.5 Å². The predicted octanol–water partition coefficient (Wildman–Crippen LogP) is 4.21. The van der Waals surface area contributed by atoms with E-state index < -0.39 is 23.6 Å². The summed E-state index contributed by atoms with van der Waals surface area (Å²) in [7, 11) is 0. The average molecular weight is 451 g/mol. The van der Waals surface area contributed by atoms with Crippen LogP contribution in [0, 0.1) is 0 Å². The van der Waals surface area contributed by atoms with Crippen molar-refractivity contribution in [3.05, 3.63) is 59.7 Å². The molecule has 1 saturated carbocycles. The monoisotopic (exact) mass is 450 g/mol. The van der Waals surface area contributed by atoms with Gasteiger partial charge in [0.1, 0.15) is 6.61 Å². The molecule has 1 fully saturated rings. The highest BCUT2D eigenvalue weighted by Gasteiger charge is 2.46. The Hall–Kier alpha value is -3.35. The van der Waals surface area contributed by atoms with Gasteiger partial charge in [-0.05, 0) is 41.5 Å². The van der Waals surface area contributed by atoms with Crippen molar-refractivity contribution in [2.45, 2.75) is 62.9 Å². The van der Waals surface area contributed by atoms with E-state index in [0.29, 0.717) is 19.3 Å². The third kappa shape index (κ3) is 5.35. The Bertz CT molecular complexity index is 1000. The van der Waals surface area contributed by atoms with Gasteiger partial charge in [-0.1, -0.05) is 61.9 Å². The van der Waals surface area contributed by atoms with Crippen LogP contribution in [0.3, 0.4) is 0 Å². The molecular formula is C26H30N2O5. The molecule has 7 heteroatoms. The van der Waals surface area contributed by atoms with Crippen molar-refractivity contribution in [2.24, 2.45) is 0 Å². The Kier molecular flexibility index (Phi) is 6.67. The van der Waals surface area contributed by atoms with Crippen molar-refractivity contribution >= 4 is 18.0 Å². The highest BCUT2D eigenvalue weighted by atomic mass is 16.5. The van der Waals surface area contributed by atoms with Crippen LogP contribution < -0.4 is 10.6 Å². The number of carbonyl (C=O) groups is 3. The first-order valence-corrected chi connectivity index (χ1v) is 11.5. The summed E-state index contributed by atoms with van der Waals surface area (Å²) in [6.45, 7) is 2.17. The van der Waals surface area contributed by atoms with Gasteiger partial charge in [0.15, 0.2) is 0 Å². The van der Waals surface area contributed by atoms with Crippen molar-refractivity contribution < 1.29 is 24.2 Å². The van der Waals surface area contributed by atoms with Crippen LogP contribution in [0.2, 0.25) is 0 Å². The van der Waals surface area contributed by atoms with Gasteiger partial charge >= 0.3 is 12.1 Å². The van der Waals surface area contributed by atoms with Gasteiger partial charge in [-0.3, -0.25) is 9.59 Å². The molecule has 0 heterocycles. The van der Waals surface area contributed by atoms with E-state index in [4.69, 9.17) is 9.84 Å². The highest BCUT2D eigenvalue weighted by molar-refractivity contribution is 5.81. The number of alkyl carbamates (subject to hydrolysis) is 1. The van der Waals surface area contributed by atoms with Gasteiger partial charge < -0.3 is 20.5 Å². The summed E-state index contributed by atoms with van der Waals surface area (Å²) in [4.78, 5) is 36.1. The quantitative estimate of drug-likeness (QED) is 0.503. The lowest BCUT2D eigenvalue weighted by molar-refractivity contribution is -0.137. The van der Waals surface area contributed by atoms with Crippen LogP contribution in [0.25, 0.3) is 11.1 Å². The average Bonchev–Trinajstić information content (AvgIpc) is 3.44. The minimum absolute atomic E-state index is 0.0209. The first-order valence-electron chi connectivity index (χ1n) is 11.5. The number of hydrogen-bond donors (Lipinski definition) is 3. The zero-order valence-electron chi connectivity index (χ0n) is 18.8. The number of carbonyl (C=O) groups excluding carboxylic acids is 2. The largest absolute Gasteiger partial charge is 0.481 e. The number of aliphatic carboxylic acids is 1. The lowest BCUT2D eigenvalue weighted by Crippen LogP contribution is -2.44. The van der Waals surface area contributed by atoms with Crippen LogP contribution in [-0.4, -0.2) is 41.3 Å². The van der Waals surface area contributed by atoms with E-state index in [2.05, 4.69) is 34.9 Å². The number of hydrogen-bond acceptors (Lipinski definition) is 4.